The Bertz CT molecular complexity index is 717. The highest BCUT2D eigenvalue weighted by Crippen LogP contribution is 2.43. The van der Waals surface area contributed by atoms with Gasteiger partial charge in [0, 0.05) is 0 Å². The molecule has 1 aromatic rings. The minimum absolute atomic E-state index is 0.376. The molecule has 0 aromatic heterocycles. The number of hydrogen-bond acceptors (Lipinski definition) is 3. The molecule has 1 aliphatic carbocycles. The molecule has 0 amide bonds. The molecule has 2 rings (SSSR count). The molecule has 1 aromatic carbocycles. The van der Waals surface area contributed by atoms with Crippen molar-refractivity contribution in [2.24, 2.45) is 0 Å². The second-order valence-corrected chi connectivity index (χ2v) is 8.64. The van der Waals surface area contributed by atoms with E-state index in [1.54, 1.807) is 37.5 Å². The summed E-state index contributed by atoms with van der Waals surface area (Å²) in [4.78, 5) is 0.376. The zero-order valence-electron chi connectivity index (χ0n) is 15.0. The summed E-state index contributed by atoms with van der Waals surface area (Å²) in [5.74, 6) is 0.613. The van der Waals surface area contributed by atoms with Gasteiger partial charge in [0.15, 0.2) is 9.84 Å². The highest BCUT2D eigenvalue weighted by molar-refractivity contribution is 7.93. The van der Waals surface area contributed by atoms with Gasteiger partial charge in [-0.2, -0.15) is 0 Å². The van der Waals surface area contributed by atoms with E-state index in [0.29, 0.717) is 23.5 Å². The summed E-state index contributed by atoms with van der Waals surface area (Å²) >= 11 is 0. The lowest BCUT2D eigenvalue weighted by molar-refractivity contribution is 0.238. The van der Waals surface area contributed by atoms with Crippen LogP contribution in [0.2, 0.25) is 0 Å². The van der Waals surface area contributed by atoms with Gasteiger partial charge in [-0.1, -0.05) is 49.4 Å². The quantitative estimate of drug-likeness (QED) is 0.472. The first-order valence-corrected chi connectivity index (χ1v) is 10.4. The third-order valence-electron chi connectivity index (χ3n) is 4.82. The average Bonchev–Trinajstić information content (AvgIpc) is 2.85. The number of hydrogen-bond donors (Lipinski definition) is 0. The van der Waals surface area contributed by atoms with Crippen LogP contribution < -0.4 is 0 Å². The van der Waals surface area contributed by atoms with Gasteiger partial charge < -0.3 is 4.74 Å². The van der Waals surface area contributed by atoms with Crippen LogP contribution in [0.4, 0.5) is 0 Å². The van der Waals surface area contributed by atoms with Gasteiger partial charge in [0.2, 0.25) is 0 Å². The van der Waals surface area contributed by atoms with E-state index in [-0.39, 0.29) is 0 Å². The van der Waals surface area contributed by atoms with E-state index < -0.39 is 14.6 Å². The van der Waals surface area contributed by atoms with Crippen LogP contribution in [0.1, 0.15) is 44.9 Å². The lowest BCUT2D eigenvalue weighted by Crippen LogP contribution is -2.41. The fraction of sp³-hybridized carbons (Fsp3) is 0.429. The number of sulfone groups is 1. The summed E-state index contributed by atoms with van der Waals surface area (Å²) in [5.41, 5.74) is 0. The number of unbranched alkanes of at least 4 members (excludes halogenated alkanes) is 1. The Balaban J connectivity index is 2.44. The maximum absolute atomic E-state index is 13.6. The molecule has 3 nitrogen and oxygen atoms in total. The first-order chi connectivity index (χ1) is 12.1. The zero-order chi connectivity index (χ0) is 18.2. The van der Waals surface area contributed by atoms with Crippen LogP contribution in [0.5, 0.6) is 0 Å². The number of rotatable bonds is 8. The highest BCUT2D eigenvalue weighted by atomic mass is 32.2. The minimum Gasteiger partial charge on any atom is -0.500 e. The Morgan fingerprint density at radius 3 is 2.68 bits per heavy atom. The van der Waals surface area contributed by atoms with Gasteiger partial charge in [-0.25, -0.2) is 8.42 Å². The summed E-state index contributed by atoms with van der Waals surface area (Å²) < 4.78 is 31.8. The first kappa shape index (κ1) is 19.5. The molecule has 0 radical (unpaired) electrons. The van der Waals surface area contributed by atoms with Crippen LogP contribution in [0.25, 0.3) is 0 Å². The van der Waals surface area contributed by atoms with Crippen molar-refractivity contribution >= 4 is 9.84 Å². The third-order valence-corrected chi connectivity index (χ3v) is 7.36. The molecule has 0 aliphatic heterocycles. The Morgan fingerprint density at radius 2 is 2.00 bits per heavy atom. The van der Waals surface area contributed by atoms with Gasteiger partial charge in [0.1, 0.15) is 10.5 Å². The van der Waals surface area contributed by atoms with E-state index in [4.69, 9.17) is 4.74 Å². The highest BCUT2D eigenvalue weighted by Gasteiger charge is 2.48. The topological polar surface area (TPSA) is 43.4 Å². The van der Waals surface area contributed by atoms with Crippen LogP contribution in [0, 0.1) is 0 Å². The monoisotopic (exact) mass is 360 g/mol. The van der Waals surface area contributed by atoms with Crippen LogP contribution in [0.3, 0.4) is 0 Å². The summed E-state index contributed by atoms with van der Waals surface area (Å²) in [6.07, 6.45) is 13.2. The largest absolute Gasteiger partial charge is 0.500 e. The predicted octanol–water partition coefficient (Wildman–Crippen LogP) is 5.22. The second kappa shape index (κ2) is 9.04. The van der Waals surface area contributed by atoms with E-state index >= 15 is 0 Å². The maximum Gasteiger partial charge on any atom is 0.191 e. The Morgan fingerprint density at radius 1 is 1.24 bits per heavy atom. The maximum atomic E-state index is 13.6. The fourth-order valence-electron chi connectivity index (χ4n) is 3.54. The predicted molar refractivity (Wildman–Crippen MR) is 103 cm³/mol. The van der Waals surface area contributed by atoms with Gasteiger partial charge in [-0.15, -0.1) is 0 Å². The van der Waals surface area contributed by atoms with E-state index in [1.165, 1.54) is 0 Å². The van der Waals surface area contributed by atoms with E-state index in [0.717, 1.165) is 32.1 Å². The number of ether oxygens (including phenoxy) is 1. The van der Waals surface area contributed by atoms with Crippen molar-refractivity contribution < 1.29 is 13.2 Å². The molecule has 4 heteroatoms. The molecule has 0 saturated carbocycles. The molecule has 1 unspecified atom stereocenters. The van der Waals surface area contributed by atoms with E-state index in [9.17, 15) is 8.42 Å². The SMILES string of the molecule is C=C/C=C/CCCC1(S(=O)(=O)c2ccccc2)CCCCC=C1OC. The minimum atomic E-state index is -3.54. The number of allylic oxidation sites excluding steroid dienone is 4. The fourth-order valence-corrected chi connectivity index (χ4v) is 5.76. The first-order valence-electron chi connectivity index (χ1n) is 8.90. The summed E-state index contributed by atoms with van der Waals surface area (Å²) in [6, 6.07) is 8.77. The van der Waals surface area contributed by atoms with Crippen molar-refractivity contribution in [1.29, 1.82) is 0 Å². The average molecular weight is 361 g/mol. The van der Waals surface area contributed by atoms with Crippen molar-refractivity contribution in [3.8, 4) is 0 Å². The van der Waals surface area contributed by atoms with E-state index in [1.807, 2.05) is 24.3 Å². The van der Waals surface area contributed by atoms with Gasteiger partial charge in [-0.05, 0) is 56.7 Å². The van der Waals surface area contributed by atoms with Crippen LogP contribution >= 0.6 is 0 Å². The summed E-state index contributed by atoms with van der Waals surface area (Å²) in [7, 11) is -1.95. The number of methoxy groups -OCH3 is 1. The van der Waals surface area contributed by atoms with Crippen LogP contribution in [-0.4, -0.2) is 20.3 Å². The molecule has 0 saturated heterocycles. The molecule has 136 valence electrons. The lowest BCUT2D eigenvalue weighted by atomic mass is 9.94. The van der Waals surface area contributed by atoms with Gasteiger partial charge >= 0.3 is 0 Å². The Hall–Kier alpha value is -1.81. The standard InChI is InChI=1S/C21H28O3S/c1-3-4-5-6-12-17-21(18-13-8-11-16-20(21)24-2)25(22,23)19-14-9-7-10-15-19/h3-5,7,9-10,14-16H,1,6,8,11-13,17-18H2,2H3/b5-4+. The van der Waals surface area contributed by atoms with Crippen molar-refractivity contribution in [1.82, 2.24) is 0 Å². The van der Waals surface area contributed by atoms with Crippen molar-refractivity contribution in [3.63, 3.8) is 0 Å². The van der Waals surface area contributed by atoms with Crippen molar-refractivity contribution in [3.05, 3.63) is 67.0 Å². The summed E-state index contributed by atoms with van der Waals surface area (Å²) in [6.45, 7) is 3.67. The van der Waals surface area contributed by atoms with Gasteiger partial charge in [-0.3, -0.25) is 0 Å². The molecule has 0 fully saturated rings. The second-order valence-electron chi connectivity index (χ2n) is 6.39. The van der Waals surface area contributed by atoms with Crippen molar-refractivity contribution in [2.45, 2.75) is 54.6 Å². The normalized spacial score (nSPS) is 21.6. The van der Waals surface area contributed by atoms with Gasteiger partial charge in [0.05, 0.1) is 12.0 Å². The third kappa shape index (κ3) is 4.24. The van der Waals surface area contributed by atoms with Crippen molar-refractivity contribution in [2.75, 3.05) is 7.11 Å². The van der Waals surface area contributed by atoms with Crippen LogP contribution in [0.15, 0.2) is 71.9 Å². The smallest absolute Gasteiger partial charge is 0.191 e. The van der Waals surface area contributed by atoms with Gasteiger partial charge in [0.25, 0.3) is 0 Å². The Kier molecular flexibility index (Phi) is 7.06. The van der Waals surface area contributed by atoms with Crippen LogP contribution in [-0.2, 0) is 14.6 Å². The molecule has 0 heterocycles. The molecule has 0 spiro atoms. The molecular weight excluding hydrogens is 332 g/mol. The molecule has 0 bridgehead atoms. The molecule has 1 aliphatic rings. The van der Waals surface area contributed by atoms with E-state index in [2.05, 4.69) is 6.58 Å². The molecule has 0 N–H and O–H groups in total. The summed E-state index contributed by atoms with van der Waals surface area (Å²) in [5, 5.41) is 0. The molecular formula is C21H28O3S. The Labute approximate surface area is 152 Å². The number of benzene rings is 1. The molecule has 25 heavy (non-hydrogen) atoms. The lowest BCUT2D eigenvalue weighted by Gasteiger charge is -2.34. The molecule has 1 atom stereocenters. The zero-order valence-corrected chi connectivity index (χ0v) is 15.8.